The van der Waals surface area contributed by atoms with Crippen molar-refractivity contribution in [2.45, 2.75) is 59.5 Å². The molecule has 0 heterocycles. The molecule has 5 nitrogen and oxygen atoms in total. The van der Waals surface area contributed by atoms with E-state index in [2.05, 4.69) is 75.0 Å². The highest BCUT2D eigenvalue weighted by atomic mass is 16.6. The molecule has 0 radical (unpaired) electrons. The van der Waals surface area contributed by atoms with Gasteiger partial charge in [-0.15, -0.1) is 0 Å². The third-order valence-electron chi connectivity index (χ3n) is 6.11. The average molecular weight is 479 g/mol. The van der Waals surface area contributed by atoms with Gasteiger partial charge in [-0.3, -0.25) is 4.79 Å². The number of carbonyl (C=O) groups is 2. The molecule has 5 heteroatoms. The smallest absolute Gasteiger partial charge is 0.333 e. The lowest BCUT2D eigenvalue weighted by Crippen LogP contribution is -2.27. The highest BCUT2D eigenvalue weighted by Gasteiger charge is 2.16. The minimum atomic E-state index is -1.01. The molecular weight excluding hydrogens is 440 g/mol. The minimum absolute atomic E-state index is 0.174. The maximum absolute atomic E-state index is 11.3. The number of rotatable bonds is 9. The van der Waals surface area contributed by atoms with Crippen LogP contribution in [0.2, 0.25) is 0 Å². The second-order valence-electron chi connectivity index (χ2n) is 9.01. The Labute approximate surface area is 208 Å². The lowest BCUT2D eigenvalue weighted by molar-refractivity contribution is -0.153. The van der Waals surface area contributed by atoms with Gasteiger partial charge in [0.1, 0.15) is 19.3 Å². The summed E-state index contributed by atoms with van der Waals surface area (Å²) in [4.78, 5) is 22.3. The van der Waals surface area contributed by atoms with Crippen molar-refractivity contribution in [3.8, 4) is 0 Å². The summed E-state index contributed by atoms with van der Waals surface area (Å²) in [6.45, 7) is 12.7. The van der Waals surface area contributed by atoms with Gasteiger partial charge in [-0.1, -0.05) is 82.8 Å². The summed E-state index contributed by atoms with van der Waals surface area (Å²) < 4.78 is 9.55. The van der Waals surface area contributed by atoms with Crippen molar-refractivity contribution in [1.82, 2.24) is 0 Å². The number of hydrogen-bond donors (Lipinski definition) is 1. The van der Waals surface area contributed by atoms with Crippen LogP contribution in [0.5, 0.6) is 0 Å². The molecule has 188 valence electrons. The maximum Gasteiger partial charge on any atom is 0.333 e. The first-order valence-electron chi connectivity index (χ1n) is 12.3. The quantitative estimate of drug-likeness (QED) is 0.214. The first-order valence-corrected chi connectivity index (χ1v) is 12.3. The lowest BCUT2D eigenvalue weighted by Gasteiger charge is -2.16. The summed E-state index contributed by atoms with van der Waals surface area (Å²) in [5, 5.41) is 14.9. The Morgan fingerprint density at radius 3 is 1.89 bits per heavy atom. The fourth-order valence-electron chi connectivity index (χ4n) is 3.61. The number of esters is 2. The number of hydrogen-bond acceptors (Lipinski definition) is 5. The van der Waals surface area contributed by atoms with Crippen LogP contribution in [0, 0.1) is 5.92 Å². The third kappa shape index (κ3) is 7.93. The molecule has 0 saturated carbocycles. The molecule has 1 N–H and O–H groups in total. The predicted octanol–water partition coefficient (Wildman–Crippen LogP) is 6.56. The lowest BCUT2D eigenvalue weighted by atomic mass is 9.88. The van der Waals surface area contributed by atoms with Crippen molar-refractivity contribution >= 4 is 33.5 Å². The Morgan fingerprint density at radius 2 is 1.40 bits per heavy atom. The zero-order valence-electron chi connectivity index (χ0n) is 21.5. The molecule has 0 aliphatic heterocycles. The van der Waals surface area contributed by atoms with E-state index < -0.39 is 12.1 Å². The summed E-state index contributed by atoms with van der Waals surface area (Å²) in [5.41, 5.74) is 1.76. The van der Waals surface area contributed by atoms with Crippen LogP contribution < -0.4 is 0 Å². The molecule has 0 bridgehead atoms. The molecule has 3 unspecified atom stereocenters. The van der Waals surface area contributed by atoms with E-state index in [1.165, 1.54) is 40.5 Å². The van der Waals surface area contributed by atoms with Crippen LogP contribution in [0.15, 0.2) is 66.7 Å². The minimum Gasteiger partial charge on any atom is -0.463 e. The van der Waals surface area contributed by atoms with Crippen molar-refractivity contribution in [3.63, 3.8) is 0 Å². The Balaban J connectivity index is 0.000000248. The molecule has 0 fully saturated rings. The fourth-order valence-corrected chi connectivity index (χ4v) is 3.61. The molecule has 0 aromatic heterocycles. The highest BCUT2D eigenvalue weighted by molar-refractivity contribution is 6.02. The van der Waals surface area contributed by atoms with Crippen molar-refractivity contribution in [2.24, 2.45) is 5.92 Å². The van der Waals surface area contributed by atoms with Crippen molar-refractivity contribution in [1.29, 1.82) is 0 Å². The van der Waals surface area contributed by atoms with Gasteiger partial charge >= 0.3 is 11.9 Å². The first kappa shape index (κ1) is 28.1. The number of fused-ring (bicyclic) bond motifs is 2. The van der Waals surface area contributed by atoms with Crippen LogP contribution in [0.4, 0.5) is 0 Å². The Kier molecular flexibility index (Phi) is 10.9. The van der Waals surface area contributed by atoms with Gasteiger partial charge in [0, 0.05) is 5.57 Å². The van der Waals surface area contributed by atoms with Gasteiger partial charge in [0.2, 0.25) is 0 Å². The van der Waals surface area contributed by atoms with Crippen LogP contribution >= 0.6 is 0 Å². The van der Waals surface area contributed by atoms with E-state index >= 15 is 0 Å². The molecule has 3 aromatic rings. The second-order valence-corrected chi connectivity index (χ2v) is 9.01. The number of aliphatic hydroxyl groups excluding tert-OH is 1. The molecule has 0 saturated heterocycles. The van der Waals surface area contributed by atoms with Gasteiger partial charge in [-0.05, 0) is 58.9 Å². The normalized spacial score (nSPS) is 13.3. The number of aliphatic hydroxyl groups is 1. The van der Waals surface area contributed by atoms with Gasteiger partial charge in [0.15, 0.2) is 0 Å². The van der Waals surface area contributed by atoms with E-state index in [0.717, 1.165) is 0 Å². The Morgan fingerprint density at radius 1 is 0.886 bits per heavy atom. The van der Waals surface area contributed by atoms with Crippen LogP contribution in [-0.4, -0.2) is 36.4 Å². The van der Waals surface area contributed by atoms with Gasteiger partial charge in [-0.25, -0.2) is 4.79 Å². The van der Waals surface area contributed by atoms with E-state index in [4.69, 9.17) is 9.47 Å². The first-order chi connectivity index (χ1) is 16.7. The molecule has 3 aromatic carbocycles. The SMILES string of the molecule is C=C(C)C(=O)OCC(O)COC(=O)C(C)CC.CCC(C)c1c2ccccc2cc2ccccc12. The zero-order chi connectivity index (χ0) is 26.0. The van der Waals surface area contributed by atoms with Gasteiger partial charge in [-0.2, -0.15) is 0 Å². The summed E-state index contributed by atoms with van der Waals surface area (Å²) in [6.07, 6.45) is 0.851. The van der Waals surface area contributed by atoms with Gasteiger partial charge < -0.3 is 14.6 Å². The van der Waals surface area contributed by atoms with Crippen LogP contribution in [0.1, 0.15) is 58.9 Å². The van der Waals surface area contributed by atoms with E-state index in [0.29, 0.717) is 12.3 Å². The number of ether oxygens (including phenoxy) is 2. The van der Waals surface area contributed by atoms with Crippen LogP contribution in [-0.2, 0) is 19.1 Å². The maximum atomic E-state index is 11.3. The number of benzene rings is 3. The zero-order valence-corrected chi connectivity index (χ0v) is 21.5. The summed E-state index contributed by atoms with van der Waals surface area (Å²) in [5.74, 6) is -0.531. The summed E-state index contributed by atoms with van der Waals surface area (Å²) in [6, 6.07) is 19.8. The van der Waals surface area contributed by atoms with E-state index in [-0.39, 0.29) is 30.7 Å². The van der Waals surface area contributed by atoms with Gasteiger partial charge in [0.25, 0.3) is 0 Å². The van der Waals surface area contributed by atoms with Crippen molar-refractivity contribution in [3.05, 3.63) is 72.3 Å². The predicted molar refractivity (Wildman–Crippen MR) is 142 cm³/mol. The number of carbonyl (C=O) groups excluding carboxylic acids is 2. The van der Waals surface area contributed by atoms with E-state index in [9.17, 15) is 14.7 Å². The molecule has 35 heavy (non-hydrogen) atoms. The topological polar surface area (TPSA) is 72.8 Å². The standard InChI is InChI=1S/C18H18.C12H20O5/c1-3-13(2)18-16-10-6-4-8-14(16)12-15-9-5-7-11-17(15)18;1-5-9(4)12(15)17-7-10(13)6-16-11(14)8(2)3/h4-13H,3H2,1-2H3;9-10,13H,2,5-7H2,1,3-4H3. The molecule has 3 atom stereocenters. The molecule has 0 spiro atoms. The summed E-state index contributed by atoms with van der Waals surface area (Å²) >= 11 is 0. The third-order valence-corrected chi connectivity index (χ3v) is 6.11. The van der Waals surface area contributed by atoms with E-state index in [1.807, 2.05) is 6.92 Å². The average Bonchev–Trinajstić information content (AvgIpc) is 2.88. The van der Waals surface area contributed by atoms with Crippen LogP contribution in [0.25, 0.3) is 21.5 Å². The summed E-state index contributed by atoms with van der Waals surface area (Å²) in [7, 11) is 0. The molecular formula is C30H38O5. The highest BCUT2D eigenvalue weighted by Crippen LogP contribution is 2.34. The second kappa shape index (κ2) is 13.6. The van der Waals surface area contributed by atoms with Crippen molar-refractivity contribution < 1.29 is 24.2 Å². The Hall–Kier alpha value is -3.18. The molecule has 0 aliphatic carbocycles. The fraction of sp³-hybridized carbons (Fsp3) is 0.400. The monoisotopic (exact) mass is 478 g/mol. The molecule has 3 rings (SSSR count). The van der Waals surface area contributed by atoms with Crippen molar-refractivity contribution in [2.75, 3.05) is 13.2 Å². The van der Waals surface area contributed by atoms with E-state index in [1.54, 1.807) is 6.92 Å². The molecule has 0 amide bonds. The van der Waals surface area contributed by atoms with Gasteiger partial charge in [0.05, 0.1) is 5.92 Å². The molecule has 0 aliphatic rings. The Bertz CT molecular complexity index is 1100. The largest absolute Gasteiger partial charge is 0.463 e. The van der Waals surface area contributed by atoms with Crippen LogP contribution in [0.3, 0.4) is 0 Å².